The maximum absolute atomic E-state index is 4.70. The lowest BCUT2D eigenvalue weighted by Gasteiger charge is -2.17. The lowest BCUT2D eigenvalue weighted by Crippen LogP contribution is -2.09. The Labute approximate surface area is 160 Å². The average Bonchev–Trinajstić information content (AvgIpc) is 3.16. The molecule has 2 N–H and O–H groups in total. The van der Waals surface area contributed by atoms with Crippen LogP contribution in [0.1, 0.15) is 45.7 Å². The van der Waals surface area contributed by atoms with Crippen molar-refractivity contribution in [3.8, 4) is 11.3 Å². The van der Waals surface area contributed by atoms with E-state index in [0.717, 1.165) is 11.2 Å². The first-order chi connectivity index (χ1) is 12.1. The number of benzene rings is 2. The van der Waals surface area contributed by atoms with E-state index in [9.17, 15) is 0 Å². The van der Waals surface area contributed by atoms with Gasteiger partial charge in [0.1, 0.15) is 0 Å². The molecule has 2 nitrogen and oxygen atoms in total. The van der Waals surface area contributed by atoms with Gasteiger partial charge in [-0.1, -0.05) is 39.0 Å². The maximum atomic E-state index is 4.70. The van der Waals surface area contributed by atoms with Crippen LogP contribution < -0.4 is 0 Å². The summed E-state index contributed by atoms with van der Waals surface area (Å²) in [5.74, 6) is 0. The molecule has 26 heavy (non-hydrogen) atoms. The molecule has 4 rings (SSSR count). The molecule has 0 aliphatic heterocycles. The zero-order valence-electron chi connectivity index (χ0n) is 16.1. The van der Waals surface area contributed by atoms with Crippen LogP contribution in [0.2, 0.25) is 0 Å². The molecule has 0 aliphatic carbocycles. The molecule has 0 amide bonds. The number of hydrogen-bond acceptors (Lipinski definition) is 1. The zero-order chi connectivity index (χ0) is 18.7. The summed E-state index contributed by atoms with van der Waals surface area (Å²) in [4.78, 5) is 7.00. The van der Waals surface area contributed by atoms with E-state index in [4.69, 9.17) is 12.6 Å². The monoisotopic (exact) mass is 362 g/mol. The largest absolute Gasteiger partial charge is 0.361 e. The van der Waals surface area contributed by atoms with Crippen molar-refractivity contribution in [3.63, 3.8) is 0 Å². The molecule has 0 bridgehead atoms. The molecule has 0 atom stereocenters. The van der Waals surface area contributed by atoms with E-state index in [2.05, 4.69) is 93.2 Å². The van der Waals surface area contributed by atoms with Crippen LogP contribution in [0, 0.1) is 0 Å². The minimum absolute atomic E-state index is 0.136. The SMILES string of the molecule is CC(C)(C)c1c[nH]c2cc(-c3cc4cc(C(C)(C)S)ccc4[nH]3)ccc12. The van der Waals surface area contributed by atoms with Crippen LogP contribution in [0.3, 0.4) is 0 Å². The number of aromatic amines is 2. The summed E-state index contributed by atoms with van der Waals surface area (Å²) >= 11 is 4.70. The molecule has 2 aromatic carbocycles. The Balaban J connectivity index is 1.80. The van der Waals surface area contributed by atoms with E-state index in [0.29, 0.717) is 0 Å². The Kier molecular flexibility index (Phi) is 3.78. The van der Waals surface area contributed by atoms with Gasteiger partial charge in [0.15, 0.2) is 0 Å². The molecular formula is C23H26N2S. The maximum Gasteiger partial charge on any atom is 0.0465 e. The first-order valence-corrected chi connectivity index (χ1v) is 9.55. The van der Waals surface area contributed by atoms with Crippen LogP contribution in [0.15, 0.2) is 48.7 Å². The summed E-state index contributed by atoms with van der Waals surface area (Å²) in [7, 11) is 0. The van der Waals surface area contributed by atoms with Crippen molar-refractivity contribution in [2.75, 3.05) is 0 Å². The predicted octanol–water partition coefficient (Wildman–Crippen LogP) is 6.78. The third-order valence-electron chi connectivity index (χ3n) is 5.13. The van der Waals surface area contributed by atoms with Crippen molar-refractivity contribution < 1.29 is 0 Å². The molecule has 3 heteroatoms. The molecule has 0 aliphatic rings. The van der Waals surface area contributed by atoms with Crippen molar-refractivity contribution in [2.24, 2.45) is 0 Å². The third kappa shape index (κ3) is 2.95. The molecule has 0 spiro atoms. The summed E-state index contributed by atoms with van der Waals surface area (Å²) in [5, 5.41) is 2.53. The van der Waals surface area contributed by atoms with Crippen LogP contribution in [0.4, 0.5) is 0 Å². The van der Waals surface area contributed by atoms with Crippen LogP contribution >= 0.6 is 12.6 Å². The molecular weight excluding hydrogens is 336 g/mol. The van der Waals surface area contributed by atoms with Crippen molar-refractivity contribution in [1.82, 2.24) is 9.97 Å². The van der Waals surface area contributed by atoms with Crippen LogP contribution in [-0.4, -0.2) is 9.97 Å². The fourth-order valence-electron chi connectivity index (χ4n) is 3.58. The molecule has 0 unspecified atom stereocenters. The Morgan fingerprint density at radius 3 is 2.31 bits per heavy atom. The molecule has 0 saturated carbocycles. The molecule has 0 saturated heterocycles. The Bertz CT molecular complexity index is 1100. The summed E-state index contributed by atoms with van der Waals surface area (Å²) < 4.78 is -0.141. The van der Waals surface area contributed by atoms with Crippen molar-refractivity contribution >= 4 is 34.4 Å². The van der Waals surface area contributed by atoms with Gasteiger partial charge in [0, 0.05) is 44.0 Å². The van der Waals surface area contributed by atoms with Gasteiger partial charge in [-0.15, -0.1) is 0 Å². The van der Waals surface area contributed by atoms with Crippen LogP contribution in [0.25, 0.3) is 33.1 Å². The van der Waals surface area contributed by atoms with E-state index in [1.165, 1.54) is 33.0 Å². The minimum atomic E-state index is -0.141. The lowest BCUT2D eigenvalue weighted by atomic mass is 9.87. The quantitative estimate of drug-likeness (QED) is 0.328. The fraction of sp³-hybridized carbons (Fsp3) is 0.304. The molecule has 134 valence electrons. The van der Waals surface area contributed by atoms with Gasteiger partial charge in [-0.25, -0.2) is 0 Å². The second kappa shape index (κ2) is 5.68. The molecule has 0 radical (unpaired) electrons. The van der Waals surface area contributed by atoms with Crippen LogP contribution in [0.5, 0.6) is 0 Å². The second-order valence-electron chi connectivity index (χ2n) is 8.76. The predicted molar refractivity (Wildman–Crippen MR) is 116 cm³/mol. The molecule has 4 aromatic rings. The zero-order valence-corrected chi connectivity index (χ0v) is 17.0. The van der Waals surface area contributed by atoms with Crippen LogP contribution in [-0.2, 0) is 10.2 Å². The Morgan fingerprint density at radius 2 is 1.62 bits per heavy atom. The van der Waals surface area contributed by atoms with Gasteiger partial charge < -0.3 is 9.97 Å². The number of thiol groups is 1. The smallest absolute Gasteiger partial charge is 0.0465 e. The highest BCUT2D eigenvalue weighted by Gasteiger charge is 2.19. The van der Waals surface area contributed by atoms with Gasteiger partial charge in [-0.05, 0) is 54.7 Å². The normalized spacial score (nSPS) is 13.0. The summed E-state index contributed by atoms with van der Waals surface area (Å²) in [6.07, 6.45) is 2.14. The number of rotatable bonds is 2. The highest BCUT2D eigenvalue weighted by Crippen LogP contribution is 2.34. The Hall–Kier alpha value is -2.13. The highest BCUT2D eigenvalue weighted by molar-refractivity contribution is 7.81. The molecule has 2 heterocycles. The van der Waals surface area contributed by atoms with Gasteiger partial charge in [-0.2, -0.15) is 12.6 Å². The topological polar surface area (TPSA) is 31.6 Å². The fourth-order valence-corrected chi connectivity index (χ4v) is 3.72. The molecule has 0 fully saturated rings. The van der Waals surface area contributed by atoms with E-state index in [-0.39, 0.29) is 10.2 Å². The van der Waals surface area contributed by atoms with Gasteiger partial charge in [-0.3, -0.25) is 0 Å². The number of nitrogens with one attached hydrogen (secondary N) is 2. The van der Waals surface area contributed by atoms with E-state index >= 15 is 0 Å². The van der Waals surface area contributed by atoms with Gasteiger partial charge in [0.05, 0.1) is 0 Å². The summed E-state index contributed by atoms with van der Waals surface area (Å²) in [6.45, 7) is 11.0. The summed E-state index contributed by atoms with van der Waals surface area (Å²) in [5.41, 5.74) is 7.40. The first kappa shape index (κ1) is 17.3. The lowest BCUT2D eigenvalue weighted by molar-refractivity contribution is 0.596. The Morgan fingerprint density at radius 1 is 0.846 bits per heavy atom. The van der Waals surface area contributed by atoms with E-state index in [1.54, 1.807) is 0 Å². The first-order valence-electron chi connectivity index (χ1n) is 9.10. The van der Waals surface area contributed by atoms with Gasteiger partial charge >= 0.3 is 0 Å². The van der Waals surface area contributed by atoms with Gasteiger partial charge in [0.2, 0.25) is 0 Å². The summed E-state index contributed by atoms with van der Waals surface area (Å²) in [6, 6.07) is 15.4. The van der Waals surface area contributed by atoms with E-state index < -0.39 is 0 Å². The number of aromatic nitrogens is 2. The van der Waals surface area contributed by atoms with E-state index in [1.807, 2.05) is 0 Å². The van der Waals surface area contributed by atoms with Crippen molar-refractivity contribution in [3.05, 3.63) is 59.8 Å². The second-order valence-corrected chi connectivity index (χ2v) is 9.87. The van der Waals surface area contributed by atoms with Gasteiger partial charge in [0.25, 0.3) is 0 Å². The van der Waals surface area contributed by atoms with Crippen molar-refractivity contribution in [2.45, 2.75) is 44.8 Å². The molecule has 2 aromatic heterocycles. The number of H-pyrrole nitrogens is 2. The van der Waals surface area contributed by atoms with Crippen molar-refractivity contribution in [1.29, 1.82) is 0 Å². The number of fused-ring (bicyclic) bond motifs is 2. The number of hydrogen-bond donors (Lipinski definition) is 3. The highest BCUT2D eigenvalue weighted by atomic mass is 32.1. The standard InChI is InChI=1S/C23H26N2S/c1-22(2,3)18-13-24-21-11-14(6-8-17(18)21)20-12-15-10-16(23(4,5)26)7-9-19(15)25-20/h6-13,24-26H,1-5H3. The average molecular weight is 363 g/mol. The minimum Gasteiger partial charge on any atom is -0.361 e. The third-order valence-corrected chi connectivity index (χ3v) is 5.39.